The molecule has 26 heavy (non-hydrogen) atoms. The van der Waals surface area contributed by atoms with Crippen LogP contribution < -0.4 is 0 Å². The highest BCUT2D eigenvalue weighted by Crippen LogP contribution is 2.33. The maximum absolute atomic E-state index is 12.6. The van der Waals surface area contributed by atoms with Crippen molar-refractivity contribution in [3.63, 3.8) is 0 Å². The molecule has 1 aromatic carbocycles. The molecule has 1 unspecified atom stereocenters. The van der Waals surface area contributed by atoms with E-state index < -0.39 is 0 Å². The quantitative estimate of drug-likeness (QED) is 0.727. The van der Waals surface area contributed by atoms with Crippen LogP contribution in [0.5, 0.6) is 0 Å². The van der Waals surface area contributed by atoms with Gasteiger partial charge in [0.2, 0.25) is 5.91 Å². The predicted octanol–water partition coefficient (Wildman–Crippen LogP) is 2.58. The van der Waals surface area contributed by atoms with Gasteiger partial charge >= 0.3 is 0 Å². The highest BCUT2D eigenvalue weighted by atomic mass is 16.5. The van der Waals surface area contributed by atoms with Gasteiger partial charge in [0.25, 0.3) is 0 Å². The minimum Gasteiger partial charge on any atom is -0.369 e. The van der Waals surface area contributed by atoms with Crippen LogP contribution in [0.1, 0.15) is 17.2 Å². The molecule has 132 valence electrons. The van der Waals surface area contributed by atoms with Crippen LogP contribution in [0.4, 0.5) is 0 Å². The van der Waals surface area contributed by atoms with Crippen molar-refractivity contribution < 1.29 is 9.53 Å². The summed E-state index contributed by atoms with van der Waals surface area (Å²) >= 11 is 0. The SMILES string of the molecule is Cn1cc(-c2ccncc2C2COCC(=O)N2Cc2ccccc2)cn1. The standard InChI is InChI=1S/C20H20N4O2/c1-23-12-16(9-22-23)17-7-8-21-10-18(17)19-13-26-14-20(25)24(19)11-15-5-3-2-4-6-15/h2-10,12,19H,11,13-14H2,1H3. The zero-order chi connectivity index (χ0) is 17.9. The van der Waals surface area contributed by atoms with Crippen LogP contribution in [0.25, 0.3) is 11.1 Å². The van der Waals surface area contributed by atoms with Gasteiger partial charge in [-0.25, -0.2) is 0 Å². The molecule has 0 radical (unpaired) electrons. The summed E-state index contributed by atoms with van der Waals surface area (Å²) in [6, 6.07) is 11.8. The maximum atomic E-state index is 12.6. The first-order chi connectivity index (χ1) is 12.7. The van der Waals surface area contributed by atoms with Crippen molar-refractivity contribution in [3.8, 4) is 11.1 Å². The number of ether oxygens (including phenoxy) is 1. The van der Waals surface area contributed by atoms with E-state index >= 15 is 0 Å². The summed E-state index contributed by atoms with van der Waals surface area (Å²) in [5.74, 6) is -0.00825. The largest absolute Gasteiger partial charge is 0.369 e. The van der Waals surface area contributed by atoms with Crippen LogP contribution in [0, 0.1) is 0 Å². The monoisotopic (exact) mass is 348 g/mol. The van der Waals surface area contributed by atoms with Crippen molar-refractivity contribution in [1.29, 1.82) is 0 Å². The number of hydrogen-bond donors (Lipinski definition) is 0. The molecule has 1 aliphatic rings. The number of pyridine rings is 1. The van der Waals surface area contributed by atoms with E-state index in [2.05, 4.69) is 10.1 Å². The number of morpholine rings is 1. The average Bonchev–Trinajstić information content (AvgIpc) is 3.10. The van der Waals surface area contributed by atoms with E-state index in [4.69, 9.17) is 4.74 Å². The number of amides is 1. The molecule has 0 aliphatic carbocycles. The molecule has 6 heteroatoms. The van der Waals surface area contributed by atoms with Gasteiger partial charge in [-0.1, -0.05) is 30.3 Å². The Hall–Kier alpha value is -2.99. The zero-order valence-electron chi connectivity index (χ0n) is 14.6. The minimum atomic E-state index is -0.180. The second-order valence-electron chi connectivity index (χ2n) is 6.40. The molecule has 0 N–H and O–H groups in total. The smallest absolute Gasteiger partial charge is 0.249 e. The normalized spacial score (nSPS) is 17.5. The third-order valence-corrected chi connectivity index (χ3v) is 4.62. The fraction of sp³-hybridized carbons (Fsp3) is 0.250. The Labute approximate surface area is 152 Å². The van der Waals surface area contributed by atoms with Gasteiger partial charge in [-0.05, 0) is 17.2 Å². The number of nitrogens with zero attached hydrogens (tertiary/aromatic N) is 4. The topological polar surface area (TPSA) is 60.3 Å². The number of aryl methyl sites for hydroxylation is 1. The summed E-state index contributed by atoms with van der Waals surface area (Å²) < 4.78 is 7.34. The van der Waals surface area contributed by atoms with Crippen LogP contribution >= 0.6 is 0 Å². The second kappa shape index (κ2) is 7.09. The number of carbonyl (C=O) groups excluding carboxylic acids is 1. The van der Waals surface area contributed by atoms with Gasteiger partial charge in [0.1, 0.15) is 6.61 Å². The van der Waals surface area contributed by atoms with Crippen molar-refractivity contribution in [2.75, 3.05) is 13.2 Å². The van der Waals surface area contributed by atoms with E-state index in [0.29, 0.717) is 13.2 Å². The molecule has 0 spiro atoms. The summed E-state index contributed by atoms with van der Waals surface area (Å²) in [5, 5.41) is 4.27. The van der Waals surface area contributed by atoms with E-state index in [1.807, 2.05) is 66.9 Å². The van der Waals surface area contributed by atoms with Crippen molar-refractivity contribution in [1.82, 2.24) is 19.7 Å². The number of hydrogen-bond acceptors (Lipinski definition) is 4. The Bertz CT molecular complexity index is 907. The van der Waals surface area contributed by atoms with Crippen LogP contribution in [-0.4, -0.2) is 38.8 Å². The van der Waals surface area contributed by atoms with E-state index in [1.54, 1.807) is 10.9 Å². The molecule has 0 saturated carbocycles. The second-order valence-corrected chi connectivity index (χ2v) is 6.40. The van der Waals surface area contributed by atoms with Gasteiger partial charge < -0.3 is 9.64 Å². The summed E-state index contributed by atoms with van der Waals surface area (Å²) in [5.41, 5.74) is 4.10. The Kier molecular flexibility index (Phi) is 4.50. The lowest BCUT2D eigenvalue weighted by Gasteiger charge is -2.36. The molecule has 3 heterocycles. The molecule has 3 aromatic rings. The number of benzene rings is 1. The van der Waals surface area contributed by atoms with Crippen molar-refractivity contribution in [3.05, 3.63) is 72.3 Å². The summed E-state index contributed by atoms with van der Waals surface area (Å²) in [4.78, 5) is 18.8. The van der Waals surface area contributed by atoms with E-state index in [0.717, 1.165) is 22.3 Å². The molecule has 1 amide bonds. The summed E-state index contributed by atoms with van der Waals surface area (Å²) in [6.07, 6.45) is 7.38. The van der Waals surface area contributed by atoms with Gasteiger partial charge in [-0.2, -0.15) is 5.10 Å². The fourth-order valence-electron chi connectivity index (χ4n) is 3.34. The van der Waals surface area contributed by atoms with Crippen molar-refractivity contribution >= 4 is 5.91 Å². The third-order valence-electron chi connectivity index (χ3n) is 4.62. The van der Waals surface area contributed by atoms with Gasteiger partial charge in [0, 0.05) is 43.3 Å². The summed E-state index contributed by atoms with van der Waals surface area (Å²) in [7, 11) is 1.89. The molecule has 6 nitrogen and oxygen atoms in total. The van der Waals surface area contributed by atoms with Gasteiger partial charge in [0.15, 0.2) is 0 Å². The predicted molar refractivity (Wildman–Crippen MR) is 97.0 cm³/mol. The molecule has 2 aromatic heterocycles. The van der Waals surface area contributed by atoms with Gasteiger partial charge in [-0.3, -0.25) is 14.5 Å². The van der Waals surface area contributed by atoms with Crippen LogP contribution in [0.15, 0.2) is 61.2 Å². The van der Waals surface area contributed by atoms with Gasteiger partial charge in [0.05, 0.1) is 18.8 Å². The summed E-state index contributed by atoms with van der Waals surface area (Å²) in [6.45, 7) is 1.12. The first-order valence-corrected chi connectivity index (χ1v) is 8.56. The average molecular weight is 348 g/mol. The molecule has 1 fully saturated rings. The number of aromatic nitrogens is 3. The Morgan fingerprint density at radius 3 is 2.81 bits per heavy atom. The molecule has 1 saturated heterocycles. The third kappa shape index (κ3) is 3.23. The first kappa shape index (κ1) is 16.5. The highest BCUT2D eigenvalue weighted by molar-refractivity contribution is 5.79. The molecule has 1 aliphatic heterocycles. The van der Waals surface area contributed by atoms with Crippen LogP contribution in [0.2, 0.25) is 0 Å². The van der Waals surface area contributed by atoms with Gasteiger partial charge in [-0.15, -0.1) is 0 Å². The van der Waals surface area contributed by atoms with Crippen molar-refractivity contribution in [2.45, 2.75) is 12.6 Å². The van der Waals surface area contributed by atoms with E-state index in [1.165, 1.54) is 0 Å². The van der Waals surface area contributed by atoms with Crippen molar-refractivity contribution in [2.24, 2.45) is 7.05 Å². The lowest BCUT2D eigenvalue weighted by molar-refractivity contribution is -0.149. The lowest BCUT2D eigenvalue weighted by Crippen LogP contribution is -2.43. The number of rotatable bonds is 4. The first-order valence-electron chi connectivity index (χ1n) is 8.56. The molecular weight excluding hydrogens is 328 g/mol. The Morgan fingerprint density at radius 2 is 2.04 bits per heavy atom. The Morgan fingerprint density at radius 1 is 1.19 bits per heavy atom. The lowest BCUT2D eigenvalue weighted by atomic mass is 9.97. The highest BCUT2D eigenvalue weighted by Gasteiger charge is 2.32. The van der Waals surface area contributed by atoms with Crippen LogP contribution in [0.3, 0.4) is 0 Å². The van der Waals surface area contributed by atoms with Crippen LogP contribution in [-0.2, 0) is 23.1 Å². The van der Waals surface area contributed by atoms with E-state index in [-0.39, 0.29) is 18.6 Å². The molecule has 1 atom stereocenters. The molecular formula is C20H20N4O2. The maximum Gasteiger partial charge on any atom is 0.249 e. The van der Waals surface area contributed by atoms with E-state index in [9.17, 15) is 4.79 Å². The fourth-order valence-corrected chi connectivity index (χ4v) is 3.34. The minimum absolute atomic E-state index is 0.00825. The number of carbonyl (C=O) groups is 1. The zero-order valence-corrected chi connectivity index (χ0v) is 14.6. The molecule has 4 rings (SSSR count). The molecule has 0 bridgehead atoms. The Balaban J connectivity index is 1.72.